The molecule has 0 bridgehead atoms. The van der Waals surface area contributed by atoms with Crippen LogP contribution in [0.4, 0.5) is 5.69 Å². The van der Waals surface area contributed by atoms with E-state index < -0.39 is 0 Å². The van der Waals surface area contributed by atoms with Crippen LogP contribution in [0.3, 0.4) is 0 Å². The van der Waals surface area contributed by atoms with E-state index in [1.165, 1.54) is 6.33 Å². The number of hydrogen-bond acceptors (Lipinski definition) is 4. The van der Waals surface area contributed by atoms with Gasteiger partial charge in [0.25, 0.3) is 0 Å². The Morgan fingerprint density at radius 1 is 1.14 bits per heavy atom. The molecule has 1 aromatic heterocycles. The van der Waals surface area contributed by atoms with Gasteiger partial charge in [0.05, 0.1) is 12.5 Å². The summed E-state index contributed by atoms with van der Waals surface area (Å²) in [7, 11) is 0. The summed E-state index contributed by atoms with van der Waals surface area (Å²) in [5, 5.41) is 7.61. The van der Waals surface area contributed by atoms with Crippen LogP contribution in [0.15, 0.2) is 61.2 Å². The van der Waals surface area contributed by atoms with Crippen LogP contribution in [-0.2, 0) is 22.7 Å². The topological polar surface area (TPSA) is 80.1 Å². The molecule has 1 atom stereocenters. The van der Waals surface area contributed by atoms with Crippen LogP contribution < -0.4 is 5.32 Å². The molecule has 1 fully saturated rings. The zero-order valence-corrected chi connectivity index (χ0v) is 16.4. The largest absolute Gasteiger partial charge is 0.337 e. The predicted molar refractivity (Wildman–Crippen MR) is 109 cm³/mol. The molecule has 8 heteroatoms. The second kappa shape index (κ2) is 8.45. The molecular weight excluding hydrogens is 390 g/mol. The van der Waals surface area contributed by atoms with Gasteiger partial charge in [0, 0.05) is 30.2 Å². The van der Waals surface area contributed by atoms with E-state index in [0.29, 0.717) is 30.3 Å². The molecule has 29 heavy (non-hydrogen) atoms. The number of aromatic nitrogens is 3. The number of hydrogen-bond donors (Lipinski definition) is 1. The van der Waals surface area contributed by atoms with Crippen LogP contribution in [0.25, 0.3) is 0 Å². The zero-order chi connectivity index (χ0) is 20.2. The Balaban J connectivity index is 1.34. The summed E-state index contributed by atoms with van der Waals surface area (Å²) in [5.41, 5.74) is 2.64. The summed E-state index contributed by atoms with van der Waals surface area (Å²) >= 11 is 6.19. The summed E-state index contributed by atoms with van der Waals surface area (Å²) in [4.78, 5) is 30.6. The van der Waals surface area contributed by atoms with Gasteiger partial charge in [-0.15, -0.1) is 0 Å². The highest BCUT2D eigenvalue weighted by molar-refractivity contribution is 6.31. The number of halogens is 1. The smallest absolute Gasteiger partial charge is 0.229 e. The van der Waals surface area contributed by atoms with Crippen LogP contribution in [0.1, 0.15) is 17.5 Å². The van der Waals surface area contributed by atoms with Crippen molar-refractivity contribution in [1.29, 1.82) is 0 Å². The zero-order valence-electron chi connectivity index (χ0n) is 15.7. The Hall–Kier alpha value is -3.19. The average molecular weight is 410 g/mol. The van der Waals surface area contributed by atoms with E-state index in [4.69, 9.17) is 11.6 Å². The summed E-state index contributed by atoms with van der Waals surface area (Å²) in [6.07, 6.45) is 3.36. The van der Waals surface area contributed by atoms with Gasteiger partial charge in [0.2, 0.25) is 11.8 Å². The second-order valence-corrected chi connectivity index (χ2v) is 7.45. The Morgan fingerprint density at radius 3 is 2.66 bits per heavy atom. The summed E-state index contributed by atoms with van der Waals surface area (Å²) in [6, 6.07) is 15.0. The van der Waals surface area contributed by atoms with E-state index in [0.717, 1.165) is 11.1 Å². The van der Waals surface area contributed by atoms with E-state index in [-0.39, 0.29) is 24.2 Å². The lowest BCUT2D eigenvalue weighted by molar-refractivity contribution is -0.128. The first-order valence-corrected chi connectivity index (χ1v) is 9.69. The maximum Gasteiger partial charge on any atom is 0.229 e. The SMILES string of the molecule is O=C(Nc1ccc(Cn2cncn2)cc1)C1CC(=O)N(Cc2ccccc2Cl)C1. The van der Waals surface area contributed by atoms with Crippen molar-refractivity contribution in [1.82, 2.24) is 19.7 Å². The minimum absolute atomic E-state index is 0.0340. The Kier molecular flexibility index (Phi) is 5.57. The number of amides is 2. The van der Waals surface area contributed by atoms with Crippen molar-refractivity contribution in [2.45, 2.75) is 19.5 Å². The lowest BCUT2D eigenvalue weighted by atomic mass is 10.1. The third-order valence-electron chi connectivity index (χ3n) is 4.94. The number of likely N-dealkylation sites (tertiary alicyclic amines) is 1. The highest BCUT2D eigenvalue weighted by atomic mass is 35.5. The monoisotopic (exact) mass is 409 g/mol. The van der Waals surface area contributed by atoms with Crippen molar-refractivity contribution in [3.8, 4) is 0 Å². The minimum Gasteiger partial charge on any atom is -0.337 e. The first kappa shape index (κ1) is 19.1. The Labute approximate surface area is 173 Å². The fraction of sp³-hybridized carbons (Fsp3) is 0.238. The van der Waals surface area contributed by atoms with Crippen LogP contribution >= 0.6 is 11.6 Å². The maximum absolute atomic E-state index is 12.6. The summed E-state index contributed by atoms with van der Waals surface area (Å²) in [6.45, 7) is 1.42. The second-order valence-electron chi connectivity index (χ2n) is 7.05. The fourth-order valence-corrected chi connectivity index (χ4v) is 3.57. The number of nitrogens with zero attached hydrogens (tertiary/aromatic N) is 4. The number of rotatable bonds is 6. The van der Waals surface area contributed by atoms with E-state index in [1.54, 1.807) is 22.0 Å². The van der Waals surface area contributed by atoms with Crippen molar-refractivity contribution in [2.75, 3.05) is 11.9 Å². The van der Waals surface area contributed by atoms with Gasteiger partial charge < -0.3 is 10.2 Å². The van der Waals surface area contributed by atoms with Crippen LogP contribution in [0.2, 0.25) is 5.02 Å². The molecule has 1 aliphatic heterocycles. The molecule has 0 aliphatic carbocycles. The standard InChI is InChI=1S/C21H20ClN5O2/c22-19-4-2-1-3-16(19)11-26-12-17(9-20(26)28)21(29)25-18-7-5-15(6-8-18)10-27-14-23-13-24-27/h1-8,13-14,17H,9-12H2,(H,25,29). The molecule has 2 aromatic carbocycles. The first-order chi connectivity index (χ1) is 14.1. The highest BCUT2D eigenvalue weighted by Crippen LogP contribution is 2.24. The van der Waals surface area contributed by atoms with Gasteiger partial charge in [-0.25, -0.2) is 9.67 Å². The summed E-state index contributed by atoms with van der Waals surface area (Å²) < 4.78 is 1.73. The van der Waals surface area contributed by atoms with Crippen LogP contribution in [0.5, 0.6) is 0 Å². The third-order valence-corrected chi connectivity index (χ3v) is 5.31. The Morgan fingerprint density at radius 2 is 1.93 bits per heavy atom. The van der Waals surface area contributed by atoms with Crippen molar-refractivity contribution >= 4 is 29.1 Å². The number of anilines is 1. The summed E-state index contributed by atoms with van der Waals surface area (Å²) in [5.74, 6) is -0.558. The highest BCUT2D eigenvalue weighted by Gasteiger charge is 2.34. The Bertz CT molecular complexity index is 1000. The molecule has 7 nitrogen and oxygen atoms in total. The van der Waals surface area contributed by atoms with Gasteiger partial charge >= 0.3 is 0 Å². The number of benzene rings is 2. The molecule has 1 unspecified atom stereocenters. The van der Waals surface area contributed by atoms with E-state index in [1.807, 2.05) is 42.5 Å². The quantitative estimate of drug-likeness (QED) is 0.678. The molecule has 148 valence electrons. The molecule has 1 saturated heterocycles. The molecule has 1 N–H and O–H groups in total. The maximum atomic E-state index is 12.6. The molecule has 2 amide bonds. The molecule has 4 rings (SSSR count). The van der Waals surface area contributed by atoms with E-state index in [9.17, 15) is 9.59 Å². The van der Waals surface area contributed by atoms with Crippen molar-refractivity contribution in [3.63, 3.8) is 0 Å². The number of carbonyl (C=O) groups excluding carboxylic acids is 2. The number of carbonyl (C=O) groups is 2. The van der Waals surface area contributed by atoms with Crippen molar-refractivity contribution in [3.05, 3.63) is 77.3 Å². The van der Waals surface area contributed by atoms with Gasteiger partial charge in [-0.3, -0.25) is 9.59 Å². The van der Waals surface area contributed by atoms with Crippen molar-refractivity contribution < 1.29 is 9.59 Å². The molecule has 0 spiro atoms. The molecule has 1 aliphatic rings. The lowest BCUT2D eigenvalue weighted by Crippen LogP contribution is -2.28. The molecule has 2 heterocycles. The van der Waals surface area contributed by atoms with Crippen LogP contribution in [0, 0.1) is 5.92 Å². The molecular formula is C21H20ClN5O2. The van der Waals surface area contributed by atoms with Crippen molar-refractivity contribution in [2.24, 2.45) is 5.92 Å². The molecule has 0 saturated carbocycles. The lowest BCUT2D eigenvalue weighted by Gasteiger charge is -2.17. The third kappa shape index (κ3) is 4.63. The van der Waals surface area contributed by atoms with Gasteiger partial charge in [-0.1, -0.05) is 41.9 Å². The average Bonchev–Trinajstić information content (AvgIpc) is 3.35. The molecule has 3 aromatic rings. The van der Waals surface area contributed by atoms with Gasteiger partial charge in [-0.2, -0.15) is 5.10 Å². The fourth-order valence-electron chi connectivity index (χ4n) is 3.37. The molecule has 0 radical (unpaired) electrons. The first-order valence-electron chi connectivity index (χ1n) is 9.32. The van der Waals surface area contributed by atoms with Gasteiger partial charge in [0.1, 0.15) is 12.7 Å². The minimum atomic E-state index is -0.375. The number of nitrogens with one attached hydrogen (secondary N) is 1. The van der Waals surface area contributed by atoms with E-state index in [2.05, 4.69) is 15.4 Å². The van der Waals surface area contributed by atoms with Gasteiger partial charge in [-0.05, 0) is 29.3 Å². The van der Waals surface area contributed by atoms with Crippen LogP contribution in [-0.4, -0.2) is 38.0 Å². The normalized spacial score (nSPS) is 16.2. The van der Waals surface area contributed by atoms with Gasteiger partial charge in [0.15, 0.2) is 0 Å². The predicted octanol–water partition coefficient (Wildman–Crippen LogP) is 2.97. The van der Waals surface area contributed by atoms with E-state index >= 15 is 0 Å².